The van der Waals surface area contributed by atoms with E-state index in [1.807, 2.05) is 31.2 Å². The molecule has 0 fully saturated rings. The molecule has 8 heteroatoms. The Balaban J connectivity index is 1.55. The summed E-state index contributed by atoms with van der Waals surface area (Å²) in [4.78, 5) is 15.7. The summed E-state index contributed by atoms with van der Waals surface area (Å²) in [5.74, 6) is 0.00977. The van der Waals surface area contributed by atoms with Crippen molar-refractivity contribution in [3.8, 4) is 11.3 Å². The number of hydrogen-bond donors (Lipinski definition) is 2. The predicted octanol–water partition coefficient (Wildman–Crippen LogP) is 5.74. The van der Waals surface area contributed by atoms with Gasteiger partial charge in [-0.25, -0.2) is 9.78 Å². The largest absolute Gasteiger partial charge is 0.478 e. The minimum Gasteiger partial charge on any atom is -0.478 e. The van der Waals surface area contributed by atoms with Gasteiger partial charge in [-0.15, -0.1) is 0 Å². The number of anilines is 1. The first-order valence-electron chi connectivity index (χ1n) is 8.30. The van der Waals surface area contributed by atoms with Crippen LogP contribution in [0.25, 0.3) is 21.5 Å². The summed E-state index contributed by atoms with van der Waals surface area (Å²) in [6.45, 7) is 1.81. The minimum atomic E-state index is -1.09. The molecule has 2 heterocycles. The molecule has 0 amide bonds. The molecule has 0 radical (unpaired) electrons. The maximum Gasteiger partial charge on any atom is 0.337 e. The molecular weight excluding hydrogens is 398 g/mol. The standard InChI is InChI=1S/C20H14ClN3O3S/c1-11(23-24-20-22-15-4-2-3-5-18(15)28-20)16-8-9-17(27-16)12-6-7-14(21)13(10-12)19(25)26/h2-10H,1H3,(H,22,24)(H,25,26)/b23-11+. The van der Waals surface area contributed by atoms with Gasteiger partial charge < -0.3 is 9.52 Å². The van der Waals surface area contributed by atoms with Crippen molar-refractivity contribution < 1.29 is 14.3 Å². The summed E-state index contributed by atoms with van der Waals surface area (Å²) in [6.07, 6.45) is 0. The third-order valence-corrected chi connectivity index (χ3v) is 5.33. The first-order valence-corrected chi connectivity index (χ1v) is 9.50. The van der Waals surface area contributed by atoms with Crippen LogP contribution in [0.3, 0.4) is 0 Å². The highest BCUT2D eigenvalue weighted by molar-refractivity contribution is 7.22. The molecule has 0 aliphatic carbocycles. The normalized spacial score (nSPS) is 11.7. The second-order valence-corrected chi connectivity index (χ2v) is 7.40. The van der Waals surface area contributed by atoms with Crippen molar-refractivity contribution in [2.45, 2.75) is 6.92 Å². The fraction of sp³-hybridized carbons (Fsp3) is 0.0500. The summed E-state index contributed by atoms with van der Waals surface area (Å²) in [7, 11) is 0. The lowest BCUT2D eigenvalue weighted by atomic mass is 10.1. The van der Waals surface area contributed by atoms with E-state index in [1.165, 1.54) is 23.5 Å². The summed E-state index contributed by atoms with van der Waals surface area (Å²) >= 11 is 7.43. The number of hydrazone groups is 1. The van der Waals surface area contributed by atoms with Gasteiger partial charge in [-0.3, -0.25) is 5.43 Å². The molecule has 28 heavy (non-hydrogen) atoms. The molecule has 0 bridgehead atoms. The van der Waals surface area contributed by atoms with E-state index < -0.39 is 5.97 Å². The minimum absolute atomic E-state index is 0.0278. The molecule has 4 aromatic rings. The molecule has 0 saturated heterocycles. The van der Waals surface area contributed by atoms with Crippen LogP contribution in [0.15, 0.2) is 64.1 Å². The molecule has 140 valence electrons. The number of rotatable bonds is 5. The molecule has 2 N–H and O–H groups in total. The Kier molecular flexibility index (Phi) is 4.85. The number of halogens is 1. The van der Waals surface area contributed by atoms with Crippen molar-refractivity contribution in [3.05, 3.63) is 70.9 Å². The van der Waals surface area contributed by atoms with Crippen molar-refractivity contribution in [2.75, 3.05) is 5.43 Å². The number of nitrogens with one attached hydrogen (secondary N) is 1. The molecule has 4 rings (SSSR count). The van der Waals surface area contributed by atoms with Gasteiger partial charge in [0, 0.05) is 5.56 Å². The highest BCUT2D eigenvalue weighted by atomic mass is 35.5. The number of carboxylic acids is 1. The number of benzene rings is 2. The van der Waals surface area contributed by atoms with E-state index in [1.54, 1.807) is 18.2 Å². The molecule has 2 aromatic carbocycles. The quantitative estimate of drug-likeness (QED) is 0.322. The van der Waals surface area contributed by atoms with E-state index >= 15 is 0 Å². The zero-order valence-electron chi connectivity index (χ0n) is 14.6. The van der Waals surface area contributed by atoms with E-state index in [4.69, 9.17) is 16.0 Å². The Labute approximate surface area is 169 Å². The number of nitrogens with zero attached hydrogens (tertiary/aromatic N) is 2. The topological polar surface area (TPSA) is 87.7 Å². The number of hydrogen-bond acceptors (Lipinski definition) is 6. The van der Waals surface area contributed by atoms with Crippen LogP contribution in [0.1, 0.15) is 23.0 Å². The number of carboxylic acid groups (broad SMARTS) is 1. The monoisotopic (exact) mass is 411 g/mol. The molecule has 0 aliphatic rings. The number of para-hydroxylation sites is 1. The number of carbonyl (C=O) groups is 1. The van der Waals surface area contributed by atoms with Gasteiger partial charge in [0.05, 0.1) is 20.8 Å². The number of thiazole rings is 1. The smallest absolute Gasteiger partial charge is 0.337 e. The van der Waals surface area contributed by atoms with Crippen LogP contribution in [-0.2, 0) is 0 Å². The van der Waals surface area contributed by atoms with Crippen LogP contribution in [0, 0.1) is 0 Å². The third kappa shape index (κ3) is 3.62. The van der Waals surface area contributed by atoms with Crippen molar-refractivity contribution in [1.82, 2.24) is 4.98 Å². The highest BCUT2D eigenvalue weighted by Gasteiger charge is 2.13. The average molecular weight is 412 g/mol. The molecule has 0 saturated carbocycles. The molecule has 0 unspecified atom stereocenters. The van der Waals surface area contributed by atoms with Gasteiger partial charge in [-0.2, -0.15) is 5.10 Å². The van der Waals surface area contributed by atoms with Gasteiger partial charge in [0.15, 0.2) is 5.76 Å². The maximum absolute atomic E-state index is 11.3. The van der Waals surface area contributed by atoms with Gasteiger partial charge in [0.2, 0.25) is 5.13 Å². The van der Waals surface area contributed by atoms with E-state index in [2.05, 4.69) is 15.5 Å². The van der Waals surface area contributed by atoms with E-state index in [0.717, 1.165) is 10.2 Å². The average Bonchev–Trinajstić information content (AvgIpc) is 3.33. The van der Waals surface area contributed by atoms with Gasteiger partial charge >= 0.3 is 5.97 Å². The SMILES string of the molecule is C/C(=N\Nc1nc2ccccc2s1)c1ccc(-c2ccc(Cl)c(C(=O)O)c2)o1. The number of aromatic nitrogens is 1. The van der Waals surface area contributed by atoms with Crippen LogP contribution in [-0.4, -0.2) is 21.8 Å². The second kappa shape index (κ2) is 7.46. The Hall–Kier alpha value is -3.16. The Morgan fingerprint density at radius 1 is 1.21 bits per heavy atom. The molecule has 2 aromatic heterocycles. The lowest BCUT2D eigenvalue weighted by molar-refractivity contribution is 0.0697. The van der Waals surface area contributed by atoms with E-state index in [-0.39, 0.29) is 10.6 Å². The van der Waals surface area contributed by atoms with Crippen LogP contribution >= 0.6 is 22.9 Å². The lowest BCUT2D eigenvalue weighted by Crippen LogP contribution is -1.98. The third-order valence-electron chi connectivity index (χ3n) is 4.06. The van der Waals surface area contributed by atoms with Crippen molar-refractivity contribution in [3.63, 3.8) is 0 Å². The van der Waals surface area contributed by atoms with Crippen LogP contribution in [0.2, 0.25) is 5.02 Å². The van der Waals surface area contributed by atoms with Crippen molar-refractivity contribution in [2.24, 2.45) is 5.10 Å². The first kappa shape index (κ1) is 18.2. The van der Waals surface area contributed by atoms with Crippen LogP contribution < -0.4 is 5.43 Å². The zero-order chi connectivity index (χ0) is 19.7. The summed E-state index contributed by atoms with van der Waals surface area (Å²) in [6, 6.07) is 16.1. The Morgan fingerprint density at radius 3 is 2.82 bits per heavy atom. The maximum atomic E-state index is 11.3. The number of furan rings is 1. The van der Waals surface area contributed by atoms with Crippen molar-refractivity contribution >= 4 is 50.0 Å². The van der Waals surface area contributed by atoms with E-state index in [9.17, 15) is 9.90 Å². The van der Waals surface area contributed by atoms with Gasteiger partial charge in [0.25, 0.3) is 0 Å². The molecule has 0 spiro atoms. The zero-order valence-corrected chi connectivity index (χ0v) is 16.2. The summed E-state index contributed by atoms with van der Waals surface area (Å²) in [5, 5.41) is 14.4. The lowest BCUT2D eigenvalue weighted by Gasteiger charge is -2.02. The Morgan fingerprint density at radius 2 is 2.04 bits per heavy atom. The van der Waals surface area contributed by atoms with Crippen molar-refractivity contribution in [1.29, 1.82) is 0 Å². The van der Waals surface area contributed by atoms with Crippen LogP contribution in [0.5, 0.6) is 0 Å². The molecule has 0 atom stereocenters. The highest BCUT2D eigenvalue weighted by Crippen LogP contribution is 2.28. The summed E-state index contributed by atoms with van der Waals surface area (Å²) < 4.78 is 6.91. The fourth-order valence-electron chi connectivity index (χ4n) is 2.64. The fourth-order valence-corrected chi connectivity index (χ4v) is 3.64. The van der Waals surface area contributed by atoms with Gasteiger partial charge in [-0.05, 0) is 49.4 Å². The molecule has 6 nitrogen and oxygen atoms in total. The molecule has 0 aliphatic heterocycles. The molecular formula is C20H14ClN3O3S. The number of fused-ring (bicyclic) bond motifs is 1. The van der Waals surface area contributed by atoms with Gasteiger partial charge in [-0.1, -0.05) is 35.1 Å². The van der Waals surface area contributed by atoms with E-state index in [0.29, 0.717) is 27.9 Å². The first-order chi connectivity index (χ1) is 13.5. The number of aromatic carboxylic acids is 1. The predicted molar refractivity (Wildman–Crippen MR) is 112 cm³/mol. The second-order valence-electron chi connectivity index (χ2n) is 5.96. The van der Waals surface area contributed by atoms with Gasteiger partial charge in [0.1, 0.15) is 11.5 Å². The Bertz CT molecular complexity index is 1180. The summed E-state index contributed by atoms with van der Waals surface area (Å²) in [5.41, 5.74) is 5.16. The van der Waals surface area contributed by atoms with Crippen LogP contribution in [0.4, 0.5) is 5.13 Å².